The molecule has 202 valence electrons. The molecule has 0 saturated carbocycles. The third-order valence-corrected chi connectivity index (χ3v) is 16.9. The molecule has 39 heavy (non-hydrogen) atoms. The molecule has 0 bridgehead atoms. The van der Waals surface area contributed by atoms with E-state index in [9.17, 15) is 0 Å². The second-order valence-electron chi connectivity index (χ2n) is 14.4. The van der Waals surface area contributed by atoms with Gasteiger partial charge < -0.3 is 0 Å². The van der Waals surface area contributed by atoms with E-state index < -0.39 is 21.3 Å². The summed E-state index contributed by atoms with van der Waals surface area (Å²) in [6.07, 6.45) is 9.32. The molecule has 0 atom stereocenters. The van der Waals surface area contributed by atoms with Crippen LogP contribution in [0.15, 0.2) is 70.0 Å². The molecular formula is C38H46Zr. The van der Waals surface area contributed by atoms with Gasteiger partial charge in [0, 0.05) is 0 Å². The zero-order valence-corrected chi connectivity index (χ0v) is 28.3. The van der Waals surface area contributed by atoms with Gasteiger partial charge in [-0.15, -0.1) is 0 Å². The Balaban J connectivity index is 1.82. The first-order valence-electron chi connectivity index (χ1n) is 14.6. The molecule has 0 aromatic heterocycles. The average Bonchev–Trinajstić information content (AvgIpc) is 3.49. The van der Waals surface area contributed by atoms with E-state index in [-0.39, 0.29) is 16.2 Å². The number of allylic oxidation sites excluding steroid dienone is 4. The Labute approximate surface area is 245 Å². The third-order valence-electron chi connectivity index (χ3n) is 8.83. The van der Waals surface area contributed by atoms with Gasteiger partial charge in [-0.1, -0.05) is 0 Å². The molecule has 0 heterocycles. The first-order chi connectivity index (χ1) is 18.2. The quantitative estimate of drug-likeness (QED) is 0.221. The Kier molecular flexibility index (Phi) is 7.34. The number of fused-ring (bicyclic) bond motifs is 3. The molecule has 0 amide bonds. The summed E-state index contributed by atoms with van der Waals surface area (Å²) in [5, 5.41) is 0. The second-order valence-corrected chi connectivity index (χ2v) is 20.0. The summed E-state index contributed by atoms with van der Waals surface area (Å²) in [5.41, 5.74) is 13.8. The van der Waals surface area contributed by atoms with Crippen LogP contribution in [-0.4, -0.2) is 3.71 Å². The van der Waals surface area contributed by atoms with Crippen molar-refractivity contribution in [1.29, 1.82) is 0 Å². The molecule has 5 rings (SSSR count). The van der Waals surface area contributed by atoms with Crippen molar-refractivity contribution >= 4 is 6.98 Å². The number of benzene rings is 3. The zero-order valence-electron chi connectivity index (χ0n) is 25.8. The Bertz CT molecular complexity index is 1530. The van der Waals surface area contributed by atoms with Crippen molar-refractivity contribution in [1.82, 2.24) is 0 Å². The van der Waals surface area contributed by atoms with Crippen LogP contribution >= 0.6 is 0 Å². The van der Waals surface area contributed by atoms with Gasteiger partial charge in [0.05, 0.1) is 0 Å². The SMILES string of the molecule is Cc1cc2c(cc1C(C)(C)C)-c1cc(C(C)(C)C)c(C)[c](/[Zr](=[CH]\C(C)(C)c3ccccc3)[C]3=CC=CC3)c1C2. The molecule has 0 N–H and O–H groups in total. The summed E-state index contributed by atoms with van der Waals surface area (Å²) in [4.78, 5) is 0. The van der Waals surface area contributed by atoms with Gasteiger partial charge in [0.15, 0.2) is 0 Å². The normalized spacial score (nSPS) is 15.4. The fraction of sp³-hybridized carbons (Fsp3) is 0.395. The second kappa shape index (κ2) is 10.1. The number of hydrogen-bond acceptors (Lipinski definition) is 0. The van der Waals surface area contributed by atoms with Crippen molar-refractivity contribution < 1.29 is 21.3 Å². The summed E-state index contributed by atoms with van der Waals surface area (Å²) in [6.45, 7) is 23.9. The molecule has 0 saturated heterocycles. The van der Waals surface area contributed by atoms with Gasteiger partial charge in [0.25, 0.3) is 0 Å². The first kappa shape index (κ1) is 28.4. The molecule has 1 heteroatoms. The molecule has 0 nitrogen and oxygen atoms in total. The van der Waals surface area contributed by atoms with Crippen molar-refractivity contribution in [3.63, 3.8) is 0 Å². The Hall–Kier alpha value is -2.11. The van der Waals surface area contributed by atoms with E-state index in [0.29, 0.717) is 0 Å². The Morgan fingerprint density at radius 1 is 0.769 bits per heavy atom. The van der Waals surface area contributed by atoms with Crippen molar-refractivity contribution in [2.45, 2.75) is 98.3 Å². The average molecular weight is 594 g/mol. The molecule has 3 aromatic carbocycles. The molecular weight excluding hydrogens is 548 g/mol. The fourth-order valence-electron chi connectivity index (χ4n) is 6.85. The molecule has 2 aliphatic rings. The van der Waals surface area contributed by atoms with E-state index in [1.807, 2.05) is 0 Å². The monoisotopic (exact) mass is 592 g/mol. The van der Waals surface area contributed by atoms with Gasteiger partial charge in [0.2, 0.25) is 0 Å². The molecule has 2 aliphatic carbocycles. The summed E-state index contributed by atoms with van der Waals surface area (Å²) in [6, 6.07) is 18.8. The Morgan fingerprint density at radius 3 is 2.00 bits per heavy atom. The van der Waals surface area contributed by atoms with E-state index in [0.717, 1.165) is 12.8 Å². The summed E-state index contributed by atoms with van der Waals surface area (Å²) in [7, 11) is 0. The van der Waals surface area contributed by atoms with Crippen LogP contribution in [0.5, 0.6) is 0 Å². The topological polar surface area (TPSA) is 0 Å². The van der Waals surface area contributed by atoms with Crippen molar-refractivity contribution in [2.75, 3.05) is 0 Å². The van der Waals surface area contributed by atoms with Crippen LogP contribution in [0.4, 0.5) is 0 Å². The maximum absolute atomic E-state index is 2.84. The van der Waals surface area contributed by atoms with Crippen LogP contribution < -0.4 is 3.27 Å². The predicted molar refractivity (Wildman–Crippen MR) is 169 cm³/mol. The van der Waals surface area contributed by atoms with Crippen molar-refractivity contribution in [3.8, 4) is 11.1 Å². The van der Waals surface area contributed by atoms with Gasteiger partial charge in [0.1, 0.15) is 0 Å². The van der Waals surface area contributed by atoms with E-state index in [4.69, 9.17) is 0 Å². The summed E-state index contributed by atoms with van der Waals surface area (Å²) >= 11 is -2.43. The molecule has 3 aromatic rings. The van der Waals surface area contributed by atoms with Crippen molar-refractivity contribution in [3.05, 3.63) is 109 Å². The molecule has 0 aliphatic heterocycles. The van der Waals surface area contributed by atoms with Crippen LogP contribution in [0.3, 0.4) is 0 Å². The van der Waals surface area contributed by atoms with E-state index in [1.54, 1.807) is 17.7 Å². The van der Waals surface area contributed by atoms with Crippen LogP contribution in [-0.2, 0) is 43.9 Å². The predicted octanol–water partition coefficient (Wildman–Crippen LogP) is 9.34. The fourth-order valence-corrected chi connectivity index (χ4v) is 14.8. The number of rotatable bonds is 4. The van der Waals surface area contributed by atoms with E-state index in [2.05, 4.69) is 140 Å². The van der Waals surface area contributed by atoms with Gasteiger partial charge in [-0.3, -0.25) is 0 Å². The number of hydrogen-bond donors (Lipinski definition) is 0. The standard InChI is InChI=1S/C23H29.C10H12.C5H5.Zr/c1-14-9-16-11-17-10-15(2)21(23(6,7)8)13-19(17)18(16)12-20(14)22(3,4)5;1-10(2,3)9-7-5-4-6-8-9;1-2-4-5-3-1;/h9,12-13H,11H2,1-8H3;1,4-8H,2-3H3;1-3H,4H2;. The minimum atomic E-state index is -2.43. The van der Waals surface area contributed by atoms with Gasteiger partial charge in [-0.25, -0.2) is 0 Å². The van der Waals surface area contributed by atoms with Crippen molar-refractivity contribution in [2.24, 2.45) is 0 Å². The van der Waals surface area contributed by atoms with E-state index >= 15 is 0 Å². The van der Waals surface area contributed by atoms with E-state index in [1.165, 1.54) is 38.9 Å². The third kappa shape index (κ3) is 5.34. The van der Waals surface area contributed by atoms with Gasteiger partial charge in [-0.05, 0) is 0 Å². The van der Waals surface area contributed by atoms with Crippen LogP contribution in [0, 0.1) is 13.8 Å². The summed E-state index contributed by atoms with van der Waals surface area (Å²) in [5.74, 6) is 0. The van der Waals surface area contributed by atoms with Gasteiger partial charge in [-0.2, -0.15) is 0 Å². The van der Waals surface area contributed by atoms with Crippen LogP contribution in [0.2, 0.25) is 0 Å². The summed E-state index contributed by atoms with van der Waals surface area (Å²) < 4.78 is 6.29. The molecule has 0 unspecified atom stereocenters. The maximum atomic E-state index is 2.84. The Morgan fingerprint density at radius 2 is 1.41 bits per heavy atom. The number of aryl methyl sites for hydroxylation is 1. The van der Waals surface area contributed by atoms with Crippen LogP contribution in [0.1, 0.15) is 101 Å². The molecule has 0 radical (unpaired) electrons. The molecule has 0 fully saturated rings. The minimum absolute atomic E-state index is 0.0258. The van der Waals surface area contributed by atoms with Gasteiger partial charge >= 0.3 is 247 Å². The molecule has 0 spiro atoms. The first-order valence-corrected chi connectivity index (χ1v) is 18.5. The zero-order chi connectivity index (χ0) is 28.3. The van der Waals surface area contributed by atoms with Crippen LogP contribution in [0.25, 0.3) is 11.1 Å².